The van der Waals surface area contributed by atoms with Crippen molar-refractivity contribution in [2.45, 2.75) is 12.8 Å². The molecule has 0 unspecified atom stereocenters. The van der Waals surface area contributed by atoms with Crippen molar-refractivity contribution in [2.24, 2.45) is 5.92 Å². The lowest BCUT2D eigenvalue weighted by Gasteiger charge is -2.31. The maximum atomic E-state index is 12.4. The van der Waals surface area contributed by atoms with Crippen LogP contribution in [0, 0.1) is 5.92 Å². The van der Waals surface area contributed by atoms with Crippen molar-refractivity contribution in [3.63, 3.8) is 0 Å². The summed E-state index contributed by atoms with van der Waals surface area (Å²) in [6, 6.07) is 4.94. The highest BCUT2D eigenvalue weighted by Gasteiger charge is 2.29. The minimum absolute atomic E-state index is 0.135. The Kier molecular flexibility index (Phi) is 4.57. The molecule has 1 fully saturated rings. The number of piperidine rings is 1. The second-order valence-electron chi connectivity index (χ2n) is 5.41. The molecule has 8 heteroatoms. The molecule has 0 radical (unpaired) electrons. The molecule has 1 atom stereocenters. The minimum atomic E-state index is -0.256. The molecule has 0 bridgehead atoms. The lowest BCUT2D eigenvalue weighted by molar-refractivity contribution is -0.121. The van der Waals surface area contributed by atoms with Gasteiger partial charge in [-0.15, -0.1) is 0 Å². The lowest BCUT2D eigenvalue weighted by atomic mass is 9.97. The maximum absolute atomic E-state index is 12.4. The summed E-state index contributed by atoms with van der Waals surface area (Å²) >= 11 is 5.77. The summed E-state index contributed by atoms with van der Waals surface area (Å²) in [7, 11) is 0. The van der Waals surface area contributed by atoms with E-state index in [1.54, 1.807) is 23.1 Å². The summed E-state index contributed by atoms with van der Waals surface area (Å²) in [5.41, 5.74) is 0.436. The Hall–Kier alpha value is -2.41. The van der Waals surface area contributed by atoms with Crippen LogP contribution >= 0.6 is 11.6 Å². The smallest absolute Gasteiger partial charge is 0.271 e. The van der Waals surface area contributed by atoms with Gasteiger partial charge in [0.15, 0.2) is 0 Å². The summed E-state index contributed by atoms with van der Waals surface area (Å²) in [6.07, 6.45) is 4.54. The van der Waals surface area contributed by atoms with Crippen LogP contribution in [-0.2, 0) is 4.79 Å². The maximum Gasteiger partial charge on any atom is 0.271 e. The number of nitrogens with zero attached hydrogens (tertiary/aromatic N) is 3. The van der Waals surface area contributed by atoms with E-state index in [-0.39, 0.29) is 17.7 Å². The molecule has 1 aliphatic rings. The first-order valence-corrected chi connectivity index (χ1v) is 7.72. The van der Waals surface area contributed by atoms with Gasteiger partial charge in [-0.25, -0.2) is 4.98 Å². The number of carbonyl (C=O) groups is 2. The van der Waals surface area contributed by atoms with Gasteiger partial charge < -0.3 is 10.2 Å². The van der Waals surface area contributed by atoms with Crippen molar-refractivity contribution < 1.29 is 9.59 Å². The molecular formula is C15H16ClN5O2. The van der Waals surface area contributed by atoms with Crippen molar-refractivity contribution in [1.29, 1.82) is 0 Å². The Labute approximate surface area is 138 Å². The zero-order chi connectivity index (χ0) is 16.2. The highest BCUT2D eigenvalue weighted by molar-refractivity contribution is 6.30. The van der Waals surface area contributed by atoms with E-state index in [0.717, 1.165) is 12.8 Å². The average Bonchev–Trinajstić information content (AvgIpc) is 3.11. The number of rotatable bonds is 3. The van der Waals surface area contributed by atoms with E-state index >= 15 is 0 Å². The number of nitrogens with one attached hydrogen (secondary N) is 2. The molecule has 2 amide bonds. The number of carbonyl (C=O) groups excluding carboxylic acids is 2. The molecule has 1 saturated heterocycles. The van der Waals surface area contributed by atoms with Gasteiger partial charge in [-0.05, 0) is 31.0 Å². The number of halogens is 1. The highest BCUT2D eigenvalue weighted by atomic mass is 35.5. The third kappa shape index (κ3) is 3.68. The number of likely N-dealkylation sites (tertiary alicyclic amines) is 1. The molecule has 0 saturated carbocycles. The fourth-order valence-corrected chi connectivity index (χ4v) is 2.71. The van der Waals surface area contributed by atoms with E-state index in [1.165, 1.54) is 12.4 Å². The molecule has 3 rings (SSSR count). The molecule has 2 aromatic heterocycles. The first kappa shape index (κ1) is 15.5. The highest BCUT2D eigenvalue weighted by Crippen LogP contribution is 2.20. The molecule has 3 heterocycles. The van der Waals surface area contributed by atoms with Crippen LogP contribution in [0.2, 0.25) is 5.02 Å². The Morgan fingerprint density at radius 1 is 1.35 bits per heavy atom. The minimum Gasteiger partial charge on any atom is -0.337 e. The van der Waals surface area contributed by atoms with Gasteiger partial charge in [-0.2, -0.15) is 5.10 Å². The summed E-state index contributed by atoms with van der Waals surface area (Å²) in [5.74, 6) is -0.0731. The van der Waals surface area contributed by atoms with E-state index in [1.807, 2.05) is 0 Å². The molecule has 0 spiro atoms. The van der Waals surface area contributed by atoms with Gasteiger partial charge in [0.25, 0.3) is 5.91 Å². The van der Waals surface area contributed by atoms with Gasteiger partial charge in [-0.3, -0.25) is 14.7 Å². The largest absolute Gasteiger partial charge is 0.337 e. The normalized spacial score (nSPS) is 17.8. The van der Waals surface area contributed by atoms with Crippen molar-refractivity contribution in [3.8, 4) is 0 Å². The molecule has 0 aliphatic carbocycles. The lowest BCUT2D eigenvalue weighted by Crippen LogP contribution is -2.44. The van der Waals surface area contributed by atoms with Crippen molar-refractivity contribution in [3.05, 3.63) is 41.3 Å². The van der Waals surface area contributed by atoms with Crippen LogP contribution in [0.5, 0.6) is 0 Å². The number of pyridine rings is 1. The van der Waals surface area contributed by atoms with Gasteiger partial charge in [0.05, 0.1) is 10.9 Å². The summed E-state index contributed by atoms with van der Waals surface area (Å²) in [6.45, 7) is 1.03. The number of amides is 2. The fourth-order valence-electron chi connectivity index (χ4n) is 2.60. The Bertz CT molecular complexity index is 686. The van der Waals surface area contributed by atoms with Gasteiger partial charge >= 0.3 is 0 Å². The molecule has 2 aromatic rings. The second kappa shape index (κ2) is 6.78. The van der Waals surface area contributed by atoms with Gasteiger partial charge in [0, 0.05) is 25.5 Å². The average molecular weight is 334 g/mol. The number of aromatic amines is 1. The molecular weight excluding hydrogens is 318 g/mol. The number of aromatic nitrogens is 3. The third-order valence-corrected chi connectivity index (χ3v) is 4.01. The van der Waals surface area contributed by atoms with Gasteiger partial charge in [-0.1, -0.05) is 11.6 Å². The van der Waals surface area contributed by atoms with Crippen LogP contribution < -0.4 is 5.32 Å². The van der Waals surface area contributed by atoms with E-state index in [9.17, 15) is 9.59 Å². The standard InChI is InChI=1S/C15H16ClN5O2/c16-11-3-4-13(17-8-11)19-14(22)10-2-1-7-21(9-10)15(23)12-5-6-18-20-12/h3-6,8,10H,1-2,7,9H2,(H,18,20)(H,17,19,22)/t10-/m0/s1. The van der Waals surface area contributed by atoms with Crippen LogP contribution in [-0.4, -0.2) is 45.0 Å². The van der Waals surface area contributed by atoms with E-state index in [0.29, 0.717) is 29.6 Å². The van der Waals surface area contributed by atoms with Crippen LogP contribution in [0.1, 0.15) is 23.3 Å². The topological polar surface area (TPSA) is 91.0 Å². The molecule has 120 valence electrons. The number of hydrogen-bond donors (Lipinski definition) is 2. The number of H-pyrrole nitrogens is 1. The van der Waals surface area contributed by atoms with E-state index in [2.05, 4.69) is 20.5 Å². The van der Waals surface area contributed by atoms with Gasteiger partial charge in [0.2, 0.25) is 5.91 Å². The summed E-state index contributed by atoms with van der Waals surface area (Å²) in [4.78, 5) is 30.4. The zero-order valence-electron chi connectivity index (χ0n) is 12.3. The fraction of sp³-hybridized carbons (Fsp3) is 0.333. The van der Waals surface area contributed by atoms with Crippen molar-refractivity contribution in [1.82, 2.24) is 20.1 Å². The Balaban J connectivity index is 1.62. The predicted octanol–water partition coefficient (Wildman–Crippen LogP) is 1.95. The SMILES string of the molecule is O=C(Nc1ccc(Cl)cn1)[C@H]1CCCN(C(=O)c2ccn[nH]2)C1. The summed E-state index contributed by atoms with van der Waals surface area (Å²) < 4.78 is 0. The Morgan fingerprint density at radius 3 is 2.91 bits per heavy atom. The van der Waals surface area contributed by atoms with E-state index < -0.39 is 0 Å². The van der Waals surface area contributed by atoms with Crippen LogP contribution in [0.4, 0.5) is 5.82 Å². The number of anilines is 1. The van der Waals surface area contributed by atoms with Crippen LogP contribution in [0.3, 0.4) is 0 Å². The predicted molar refractivity (Wildman–Crippen MR) is 85.1 cm³/mol. The van der Waals surface area contributed by atoms with E-state index in [4.69, 9.17) is 11.6 Å². The first-order chi connectivity index (χ1) is 11.1. The van der Waals surface area contributed by atoms with Crippen molar-refractivity contribution in [2.75, 3.05) is 18.4 Å². The van der Waals surface area contributed by atoms with Crippen LogP contribution in [0.15, 0.2) is 30.6 Å². The monoisotopic (exact) mass is 333 g/mol. The van der Waals surface area contributed by atoms with Crippen molar-refractivity contribution >= 4 is 29.2 Å². The molecule has 7 nitrogen and oxygen atoms in total. The number of hydrogen-bond acceptors (Lipinski definition) is 4. The zero-order valence-corrected chi connectivity index (χ0v) is 13.1. The van der Waals surface area contributed by atoms with Gasteiger partial charge in [0.1, 0.15) is 11.5 Å². The molecule has 0 aromatic carbocycles. The molecule has 2 N–H and O–H groups in total. The third-order valence-electron chi connectivity index (χ3n) is 3.79. The molecule has 23 heavy (non-hydrogen) atoms. The first-order valence-electron chi connectivity index (χ1n) is 7.34. The van der Waals surface area contributed by atoms with Crippen LogP contribution in [0.25, 0.3) is 0 Å². The second-order valence-corrected chi connectivity index (χ2v) is 5.85. The Morgan fingerprint density at radius 2 is 2.22 bits per heavy atom. The quantitative estimate of drug-likeness (QED) is 0.898. The molecule has 1 aliphatic heterocycles. The summed E-state index contributed by atoms with van der Waals surface area (Å²) in [5, 5.41) is 9.72.